The van der Waals surface area contributed by atoms with Gasteiger partial charge in [-0.2, -0.15) is 9.97 Å². The Bertz CT molecular complexity index is 1740. The molecule has 0 saturated carbocycles. The van der Waals surface area contributed by atoms with Gasteiger partial charge < -0.3 is 20.1 Å². The zero-order valence-corrected chi connectivity index (χ0v) is 26.4. The number of nitrogens with zero attached hydrogens (tertiary/aromatic N) is 4. The molecule has 228 valence electrons. The van der Waals surface area contributed by atoms with Crippen LogP contribution in [-0.2, 0) is 0 Å². The average Bonchev–Trinajstić information content (AvgIpc) is 3.28. The number of phenolic OH excluding ortho intramolecular Hbond substituents is 1. The second kappa shape index (κ2) is 12.5. The Hall–Kier alpha value is -4.15. The molecule has 6 rings (SSSR count). The molecule has 7 heteroatoms. The fraction of sp³-hybridized carbons (Fsp3) is 0.432. The van der Waals surface area contributed by atoms with Crippen LogP contribution in [0.5, 0.6) is 11.8 Å². The predicted octanol–water partition coefficient (Wildman–Crippen LogP) is 7.32. The van der Waals surface area contributed by atoms with Gasteiger partial charge in [-0.3, -0.25) is 4.98 Å². The normalized spacial score (nSPS) is 17.8. The van der Waals surface area contributed by atoms with Gasteiger partial charge in [0, 0.05) is 46.8 Å². The number of rotatable bonds is 11. The van der Waals surface area contributed by atoms with Crippen LogP contribution >= 0.6 is 0 Å². The molecule has 2 aromatic heterocycles. The van der Waals surface area contributed by atoms with E-state index in [4.69, 9.17) is 26.1 Å². The summed E-state index contributed by atoms with van der Waals surface area (Å²) in [5, 5.41) is 16.9. The van der Waals surface area contributed by atoms with Crippen molar-refractivity contribution in [1.29, 1.82) is 0 Å². The summed E-state index contributed by atoms with van der Waals surface area (Å²) >= 11 is 0. The number of phenols is 1. The smallest absolute Gasteiger partial charge is 0.318 e. The third kappa shape index (κ3) is 5.59. The van der Waals surface area contributed by atoms with E-state index in [-0.39, 0.29) is 23.2 Å². The molecule has 1 saturated heterocycles. The van der Waals surface area contributed by atoms with Crippen LogP contribution in [-0.4, -0.2) is 51.8 Å². The number of fused-ring (bicyclic) bond motifs is 4. The van der Waals surface area contributed by atoms with Crippen molar-refractivity contribution in [3.05, 3.63) is 59.8 Å². The highest BCUT2D eigenvalue weighted by Crippen LogP contribution is 2.40. The number of aryl methyl sites for hydroxylation is 1. The van der Waals surface area contributed by atoms with Crippen LogP contribution in [0.4, 0.5) is 5.82 Å². The van der Waals surface area contributed by atoms with E-state index in [1.54, 1.807) is 12.1 Å². The molecule has 2 unspecified atom stereocenters. The Balaban J connectivity index is 1.50. The summed E-state index contributed by atoms with van der Waals surface area (Å²) in [6.07, 6.45) is 19.2. The first-order valence-electron chi connectivity index (χ1n) is 16.1. The van der Waals surface area contributed by atoms with Gasteiger partial charge >= 0.3 is 6.01 Å². The predicted molar refractivity (Wildman–Crippen MR) is 179 cm³/mol. The number of benzene rings is 2. The van der Waals surface area contributed by atoms with Crippen molar-refractivity contribution in [3.63, 3.8) is 0 Å². The van der Waals surface area contributed by atoms with Crippen LogP contribution in [0.15, 0.2) is 48.7 Å². The first kappa shape index (κ1) is 29.9. The minimum Gasteiger partial charge on any atom is -0.508 e. The number of piperazine rings is 1. The fourth-order valence-corrected chi connectivity index (χ4v) is 6.86. The lowest BCUT2D eigenvalue weighted by Crippen LogP contribution is -2.53. The van der Waals surface area contributed by atoms with E-state index in [1.807, 2.05) is 31.3 Å². The van der Waals surface area contributed by atoms with Gasteiger partial charge in [-0.1, -0.05) is 76.7 Å². The van der Waals surface area contributed by atoms with E-state index in [2.05, 4.69) is 49.1 Å². The van der Waals surface area contributed by atoms with Crippen molar-refractivity contribution in [3.8, 4) is 35.4 Å². The molecular formula is C37H43N5O2. The zero-order chi connectivity index (χ0) is 30.8. The number of terminal acetylenes is 1. The molecular weight excluding hydrogens is 546 g/mol. The third-order valence-electron chi connectivity index (χ3n) is 9.35. The molecule has 4 heterocycles. The minimum atomic E-state index is 0.0602. The van der Waals surface area contributed by atoms with Crippen LogP contribution in [0, 0.1) is 24.7 Å². The second-order valence-electron chi connectivity index (χ2n) is 12.8. The molecule has 0 radical (unpaired) electrons. The first-order valence-corrected chi connectivity index (χ1v) is 16.1. The van der Waals surface area contributed by atoms with E-state index >= 15 is 0 Å². The first-order chi connectivity index (χ1) is 21.4. The summed E-state index contributed by atoms with van der Waals surface area (Å²) in [5.41, 5.74) is 4.02. The highest BCUT2D eigenvalue weighted by atomic mass is 16.5. The number of hydrogen-bond acceptors (Lipinski definition) is 7. The Labute approximate surface area is 260 Å². The molecule has 44 heavy (non-hydrogen) atoms. The van der Waals surface area contributed by atoms with Gasteiger partial charge in [0.2, 0.25) is 0 Å². The molecule has 2 atom stereocenters. The quantitative estimate of drug-likeness (QED) is 0.140. The van der Waals surface area contributed by atoms with Crippen LogP contribution in [0.2, 0.25) is 0 Å². The number of hydrogen-bond donors (Lipinski definition) is 2. The Morgan fingerprint density at radius 3 is 2.50 bits per heavy atom. The van der Waals surface area contributed by atoms with Gasteiger partial charge in [-0.25, -0.2) is 0 Å². The molecule has 4 aromatic rings. The number of aromatic nitrogens is 3. The summed E-state index contributed by atoms with van der Waals surface area (Å²) < 4.78 is 6.55. The summed E-state index contributed by atoms with van der Waals surface area (Å²) in [5.74, 6) is 3.83. The van der Waals surface area contributed by atoms with Crippen molar-refractivity contribution in [2.75, 3.05) is 24.6 Å². The molecule has 2 N–H and O–H groups in total. The third-order valence-corrected chi connectivity index (χ3v) is 9.35. The van der Waals surface area contributed by atoms with E-state index in [0.29, 0.717) is 12.6 Å². The maximum Gasteiger partial charge on any atom is 0.318 e. The van der Waals surface area contributed by atoms with Crippen LogP contribution in [0.25, 0.3) is 32.9 Å². The largest absolute Gasteiger partial charge is 0.508 e. The molecule has 2 bridgehead atoms. The van der Waals surface area contributed by atoms with Crippen molar-refractivity contribution < 1.29 is 9.84 Å². The van der Waals surface area contributed by atoms with Crippen LogP contribution in [0.3, 0.4) is 0 Å². The molecule has 7 nitrogen and oxygen atoms in total. The number of aromatic hydroxyl groups is 1. The van der Waals surface area contributed by atoms with Gasteiger partial charge in [0.25, 0.3) is 0 Å². The Kier molecular flexibility index (Phi) is 8.46. The van der Waals surface area contributed by atoms with Crippen LogP contribution < -0.4 is 15.0 Å². The standard InChI is InChI=1S/C37H43N5O2/c1-6-9-16-37(5,17-10-7-2)23-44-36-40-34-24(4)33(30-19-29(43)18-26-13-11-12-25(8-3)32(26)30)39-22-31(34)35(41-36)42-27-14-15-28(42)21-38-20-27/h3,11-15,18-19,22,27-28,38,43H,6-7,9-10,16-17,20-21,23H2,1-2,4-5H3. The average molecular weight is 590 g/mol. The molecule has 2 aliphatic heterocycles. The van der Waals surface area contributed by atoms with Gasteiger partial charge in [0.15, 0.2) is 0 Å². The van der Waals surface area contributed by atoms with Crippen molar-refractivity contribution in [2.45, 2.75) is 78.3 Å². The lowest BCUT2D eigenvalue weighted by molar-refractivity contribution is 0.126. The molecule has 0 aliphatic carbocycles. The number of nitrogens with one attached hydrogen (secondary N) is 1. The lowest BCUT2D eigenvalue weighted by Gasteiger charge is -2.37. The Morgan fingerprint density at radius 2 is 1.82 bits per heavy atom. The summed E-state index contributed by atoms with van der Waals surface area (Å²) in [6.45, 7) is 11.1. The number of unbranched alkanes of at least 4 members (excludes halogenated alkanes) is 2. The summed E-state index contributed by atoms with van der Waals surface area (Å²) in [4.78, 5) is 17.5. The maximum absolute atomic E-state index is 10.7. The maximum atomic E-state index is 10.7. The van der Waals surface area contributed by atoms with E-state index in [1.165, 1.54) is 12.8 Å². The summed E-state index contributed by atoms with van der Waals surface area (Å²) in [6, 6.07) is 10.1. The lowest BCUT2D eigenvalue weighted by atomic mass is 9.81. The SMILES string of the molecule is C#Cc1cccc2cc(O)cc(-c3ncc4c(N5C6C=CC5CNC6)nc(OCC(C)(CCCC)CCCC)nc4c3C)c12. The highest BCUT2D eigenvalue weighted by Gasteiger charge is 2.35. The summed E-state index contributed by atoms with van der Waals surface area (Å²) in [7, 11) is 0. The van der Waals surface area contributed by atoms with E-state index in [9.17, 15) is 5.11 Å². The van der Waals surface area contributed by atoms with Crippen molar-refractivity contribution >= 4 is 27.5 Å². The van der Waals surface area contributed by atoms with Gasteiger partial charge in [-0.15, -0.1) is 6.42 Å². The minimum absolute atomic E-state index is 0.0602. The van der Waals surface area contributed by atoms with Gasteiger partial charge in [0.05, 0.1) is 35.3 Å². The zero-order valence-electron chi connectivity index (χ0n) is 26.4. The van der Waals surface area contributed by atoms with Gasteiger partial charge in [-0.05, 0) is 43.4 Å². The fourth-order valence-electron chi connectivity index (χ4n) is 6.86. The number of pyridine rings is 1. The second-order valence-corrected chi connectivity index (χ2v) is 12.8. The number of ether oxygens (including phenoxy) is 1. The van der Waals surface area contributed by atoms with Crippen LogP contribution in [0.1, 0.15) is 70.4 Å². The molecule has 2 aromatic carbocycles. The molecule has 0 amide bonds. The molecule has 0 spiro atoms. The topological polar surface area (TPSA) is 83.4 Å². The van der Waals surface area contributed by atoms with Crippen molar-refractivity contribution in [1.82, 2.24) is 20.3 Å². The monoisotopic (exact) mass is 589 g/mol. The molecule has 2 aliphatic rings. The number of anilines is 1. The molecule has 1 fully saturated rings. The highest BCUT2D eigenvalue weighted by molar-refractivity contribution is 6.04. The van der Waals surface area contributed by atoms with Gasteiger partial charge in [0.1, 0.15) is 11.6 Å². The Morgan fingerprint density at radius 1 is 1.09 bits per heavy atom. The van der Waals surface area contributed by atoms with Crippen molar-refractivity contribution in [2.24, 2.45) is 5.41 Å². The van der Waals surface area contributed by atoms with E-state index in [0.717, 1.165) is 88.7 Å². The van der Waals surface area contributed by atoms with E-state index < -0.39 is 0 Å².